The number of hydrogen-bond acceptors (Lipinski definition) is 5. The van der Waals surface area contributed by atoms with Crippen molar-refractivity contribution in [3.63, 3.8) is 0 Å². The zero-order chi connectivity index (χ0) is 31.2. The number of carbonyl (C=O) groups is 2. The SMILES string of the molecule is O=C(Cl)c1ccc(C(=O)Cl)c(OC(F)(F)C(F)OC(F)(F)C(F)(OC(F)(F)C(F)(F)C(F)(F)F)C(F)(F)F)c1. The second-order valence-electron chi connectivity index (χ2n) is 6.66. The van der Waals surface area contributed by atoms with Crippen LogP contribution in [0.2, 0.25) is 0 Å². The van der Waals surface area contributed by atoms with Gasteiger partial charge in [-0.15, -0.1) is 0 Å². The van der Waals surface area contributed by atoms with E-state index in [-0.39, 0.29) is 6.07 Å². The van der Waals surface area contributed by atoms with Crippen LogP contribution in [-0.2, 0) is 9.47 Å². The molecule has 23 heteroatoms. The van der Waals surface area contributed by atoms with Gasteiger partial charge >= 0.3 is 48.8 Å². The molecule has 1 aromatic carbocycles. The number of rotatable bonds is 11. The van der Waals surface area contributed by atoms with E-state index in [2.05, 4.69) is 9.47 Å². The summed E-state index contributed by atoms with van der Waals surface area (Å²) in [6.07, 6.45) is -42.4. The first-order valence-corrected chi connectivity index (χ1v) is 9.38. The highest BCUT2D eigenvalue weighted by Gasteiger charge is 2.84. The van der Waals surface area contributed by atoms with Crippen molar-refractivity contribution in [2.45, 2.75) is 48.8 Å². The van der Waals surface area contributed by atoms with Gasteiger partial charge in [-0.3, -0.25) is 19.1 Å². The van der Waals surface area contributed by atoms with Gasteiger partial charge in [0.15, 0.2) is 0 Å². The topological polar surface area (TPSA) is 61.8 Å². The minimum Gasteiger partial charge on any atom is -0.428 e. The average Bonchev–Trinajstić information content (AvgIpc) is 2.70. The van der Waals surface area contributed by atoms with Crippen molar-refractivity contribution < 1.29 is 94.0 Å². The first-order valence-electron chi connectivity index (χ1n) is 8.62. The zero-order valence-electron chi connectivity index (χ0n) is 17.2. The maximum atomic E-state index is 14.0. The molecule has 0 heterocycles. The van der Waals surface area contributed by atoms with E-state index in [0.29, 0.717) is 12.1 Å². The van der Waals surface area contributed by atoms with Crippen molar-refractivity contribution >= 4 is 33.7 Å². The summed E-state index contributed by atoms with van der Waals surface area (Å²) in [6.45, 7) is 0. The van der Waals surface area contributed by atoms with Gasteiger partial charge in [-0.05, 0) is 41.4 Å². The second kappa shape index (κ2) is 10.6. The summed E-state index contributed by atoms with van der Waals surface area (Å²) in [6, 6.07) is 1.04. The predicted octanol–water partition coefficient (Wildman–Crippen LogP) is 7.36. The third-order valence-electron chi connectivity index (χ3n) is 3.91. The lowest BCUT2D eigenvalue weighted by Crippen LogP contribution is -2.66. The van der Waals surface area contributed by atoms with E-state index in [1.807, 2.05) is 0 Å². The maximum absolute atomic E-state index is 14.0. The van der Waals surface area contributed by atoms with Crippen molar-refractivity contribution in [2.75, 3.05) is 0 Å². The molecule has 2 atom stereocenters. The lowest BCUT2D eigenvalue weighted by atomic mass is 10.1. The van der Waals surface area contributed by atoms with Crippen LogP contribution < -0.4 is 4.74 Å². The fraction of sp³-hybridized carbons (Fsp3) is 0.500. The van der Waals surface area contributed by atoms with Crippen LogP contribution in [0.25, 0.3) is 0 Å². The molecule has 0 aliphatic rings. The summed E-state index contributed by atoms with van der Waals surface area (Å²) in [5.74, 6) is -17.4. The molecular formula is C16H4Cl2F16O5. The van der Waals surface area contributed by atoms with Crippen LogP contribution in [0.1, 0.15) is 20.7 Å². The summed E-state index contributed by atoms with van der Waals surface area (Å²) in [5.41, 5.74) is -2.09. The van der Waals surface area contributed by atoms with Crippen LogP contribution >= 0.6 is 23.2 Å². The highest BCUT2D eigenvalue weighted by atomic mass is 35.5. The molecule has 0 amide bonds. The molecule has 1 rings (SSSR count). The van der Waals surface area contributed by atoms with E-state index >= 15 is 0 Å². The van der Waals surface area contributed by atoms with Gasteiger partial charge in [0.2, 0.25) is 0 Å². The van der Waals surface area contributed by atoms with Gasteiger partial charge in [0.05, 0.1) is 5.56 Å². The lowest BCUT2D eigenvalue weighted by Gasteiger charge is -2.38. The molecule has 0 aromatic heterocycles. The Labute approximate surface area is 212 Å². The Morgan fingerprint density at radius 3 is 1.59 bits per heavy atom. The molecule has 2 unspecified atom stereocenters. The quantitative estimate of drug-likeness (QED) is 0.185. The minimum absolute atomic E-state index is 0.0573. The molecule has 39 heavy (non-hydrogen) atoms. The Morgan fingerprint density at radius 1 is 0.718 bits per heavy atom. The first kappa shape index (κ1) is 34.8. The van der Waals surface area contributed by atoms with Crippen molar-refractivity contribution in [3.8, 4) is 5.75 Å². The molecule has 0 spiro atoms. The van der Waals surface area contributed by atoms with E-state index in [1.54, 1.807) is 0 Å². The summed E-state index contributed by atoms with van der Waals surface area (Å²) >= 11 is 9.95. The molecule has 0 aliphatic heterocycles. The van der Waals surface area contributed by atoms with Crippen LogP contribution in [0.5, 0.6) is 5.75 Å². The number of carbonyl (C=O) groups excluding carboxylic acids is 2. The molecule has 1 aromatic rings. The number of ether oxygens (including phenoxy) is 3. The van der Waals surface area contributed by atoms with E-state index in [9.17, 15) is 79.8 Å². The Kier molecular flexibility index (Phi) is 9.46. The van der Waals surface area contributed by atoms with Gasteiger partial charge in [-0.25, -0.2) is 4.39 Å². The normalized spacial score (nSPS) is 16.5. The number of alkyl halides is 16. The van der Waals surface area contributed by atoms with Crippen LogP contribution in [0.4, 0.5) is 70.2 Å². The second-order valence-corrected chi connectivity index (χ2v) is 7.34. The molecule has 5 nitrogen and oxygen atoms in total. The first-order chi connectivity index (χ1) is 17.0. The van der Waals surface area contributed by atoms with Crippen molar-refractivity contribution in [2.24, 2.45) is 0 Å². The van der Waals surface area contributed by atoms with Gasteiger partial charge in [-0.2, -0.15) is 65.9 Å². The molecule has 0 fully saturated rings. The number of hydrogen-bond donors (Lipinski definition) is 0. The third kappa shape index (κ3) is 6.91. The molecule has 0 saturated carbocycles. The fourth-order valence-corrected chi connectivity index (χ4v) is 2.32. The van der Waals surface area contributed by atoms with Gasteiger partial charge in [0.1, 0.15) is 5.75 Å². The predicted molar refractivity (Wildman–Crippen MR) is 90.2 cm³/mol. The van der Waals surface area contributed by atoms with Crippen LogP contribution in [0, 0.1) is 0 Å². The summed E-state index contributed by atoms with van der Waals surface area (Å²) in [7, 11) is 0. The largest absolute Gasteiger partial charge is 0.462 e. The smallest absolute Gasteiger partial charge is 0.428 e. The van der Waals surface area contributed by atoms with Gasteiger partial charge < -0.3 is 4.74 Å². The molecule has 0 bridgehead atoms. The van der Waals surface area contributed by atoms with Gasteiger partial charge in [-0.1, -0.05) is 0 Å². The van der Waals surface area contributed by atoms with Crippen molar-refractivity contribution in [1.82, 2.24) is 0 Å². The van der Waals surface area contributed by atoms with Gasteiger partial charge in [0.25, 0.3) is 10.5 Å². The summed E-state index contributed by atoms with van der Waals surface area (Å²) < 4.78 is 217. The Balaban J connectivity index is 3.48. The molecule has 0 saturated heterocycles. The van der Waals surface area contributed by atoms with Crippen LogP contribution in [0.15, 0.2) is 18.2 Å². The average molecular weight is 651 g/mol. The zero-order valence-corrected chi connectivity index (χ0v) is 18.7. The molecular weight excluding hydrogens is 647 g/mol. The molecule has 0 radical (unpaired) electrons. The monoisotopic (exact) mass is 650 g/mol. The number of benzene rings is 1. The standard InChI is InChI=1S/C16H4Cl2F16O5/c17-7(35)4-1-2-5(8(18)36)6(3-4)37-10(20,21)9(19)38-16(33,34)12(24,14(28,29)30)39-15(31,32)11(22,23)13(25,26)27/h1-3,9H. The van der Waals surface area contributed by atoms with Crippen molar-refractivity contribution in [3.05, 3.63) is 29.3 Å². The Hall–Kier alpha value is -2.26. The van der Waals surface area contributed by atoms with Crippen LogP contribution in [-0.4, -0.2) is 59.3 Å². The molecule has 224 valence electrons. The Bertz CT molecular complexity index is 1090. The maximum Gasteiger partial charge on any atom is 0.462 e. The minimum atomic E-state index is -7.87. The van der Waals surface area contributed by atoms with Gasteiger partial charge in [0, 0.05) is 5.56 Å². The van der Waals surface area contributed by atoms with E-state index in [0.717, 1.165) is 0 Å². The number of halogens is 18. The van der Waals surface area contributed by atoms with E-state index in [4.69, 9.17) is 23.2 Å². The van der Waals surface area contributed by atoms with E-state index < -0.39 is 76.2 Å². The lowest BCUT2D eigenvalue weighted by molar-refractivity contribution is -0.543. The highest BCUT2D eigenvalue weighted by Crippen LogP contribution is 2.55. The highest BCUT2D eigenvalue weighted by molar-refractivity contribution is 6.68. The van der Waals surface area contributed by atoms with Crippen molar-refractivity contribution in [1.29, 1.82) is 0 Å². The summed E-state index contributed by atoms with van der Waals surface area (Å²) in [5, 5.41) is -3.26. The third-order valence-corrected chi connectivity index (χ3v) is 4.33. The summed E-state index contributed by atoms with van der Waals surface area (Å²) in [4.78, 5) is 22.3. The van der Waals surface area contributed by atoms with E-state index in [1.165, 1.54) is 4.74 Å². The Morgan fingerprint density at radius 2 is 1.21 bits per heavy atom. The molecule has 0 N–H and O–H groups in total. The molecule has 0 aliphatic carbocycles. The van der Waals surface area contributed by atoms with Crippen LogP contribution in [0.3, 0.4) is 0 Å². The fourth-order valence-electron chi connectivity index (χ4n) is 2.05.